The highest BCUT2D eigenvalue weighted by molar-refractivity contribution is 7.78. The fraction of sp³-hybridized carbons (Fsp3) is 0.0667. The highest BCUT2D eigenvalue weighted by Gasteiger charge is 2.38. The molecule has 0 bridgehead atoms. The van der Waals surface area contributed by atoms with Crippen LogP contribution < -0.4 is 0 Å². The number of carboxylic acid groups (broad SMARTS) is 1. The molecule has 13 heteroatoms. The van der Waals surface area contributed by atoms with E-state index in [1.165, 1.54) is 12.7 Å². The molecule has 2 aliphatic heterocycles. The number of rotatable bonds is 1. The van der Waals surface area contributed by atoms with E-state index in [-0.39, 0.29) is 17.5 Å². The van der Waals surface area contributed by atoms with Gasteiger partial charge in [-0.1, -0.05) is 18.2 Å². The third-order valence-electron chi connectivity index (χ3n) is 2.55. The van der Waals surface area contributed by atoms with Gasteiger partial charge in [0.25, 0.3) is 5.91 Å². The number of amides is 2. The van der Waals surface area contributed by atoms with E-state index in [1.54, 1.807) is 24.3 Å². The van der Waals surface area contributed by atoms with E-state index in [4.69, 9.17) is 9.90 Å². The van der Waals surface area contributed by atoms with Crippen LogP contribution in [0.3, 0.4) is 0 Å². The molecule has 9 nitrogen and oxygen atoms in total. The van der Waals surface area contributed by atoms with E-state index >= 15 is 0 Å². The Morgan fingerprint density at radius 1 is 1.07 bits per heavy atom. The molecule has 2 amide bonds. The maximum absolute atomic E-state index is 10.9. The Morgan fingerprint density at radius 2 is 1.64 bits per heavy atom. The molecule has 0 aliphatic carbocycles. The first-order valence-electron chi connectivity index (χ1n) is 6.89. The van der Waals surface area contributed by atoms with Crippen LogP contribution in [0.2, 0.25) is 0 Å². The number of hydrogen-bond acceptors (Lipinski definition) is 7. The van der Waals surface area contributed by atoms with Crippen molar-refractivity contribution in [2.24, 2.45) is 25.0 Å². The number of thiocarbonyl (C=S) groups is 1. The predicted octanol–water partition coefficient (Wildman–Crippen LogP) is 2.00. The third-order valence-corrected chi connectivity index (χ3v) is 2.64. The van der Waals surface area contributed by atoms with Gasteiger partial charge in [0.05, 0.1) is 5.16 Å². The largest absolute Gasteiger partial charge is 0.490 e. The maximum atomic E-state index is 10.9. The molecule has 2 heterocycles. The minimum atomic E-state index is -5.08. The van der Waals surface area contributed by atoms with Crippen LogP contribution in [-0.2, 0) is 9.59 Å². The topological polar surface area (TPSA) is 133 Å². The van der Waals surface area contributed by atoms with Crippen molar-refractivity contribution in [2.45, 2.75) is 6.18 Å². The normalized spacial score (nSPS) is 13.5. The Labute approximate surface area is 159 Å². The molecule has 0 unspecified atom stereocenters. The number of carbonyl (C=O) groups is 3. The number of nitrogens with zero attached hydrogens (tertiary/aromatic N) is 5. The molecule has 1 N–H and O–H groups in total. The molecule has 2 aliphatic rings. The summed E-state index contributed by atoms with van der Waals surface area (Å²) in [6.45, 7) is 0. The zero-order valence-electron chi connectivity index (χ0n) is 13.5. The Hall–Kier alpha value is -3.70. The average molecular weight is 411 g/mol. The molecule has 0 saturated heterocycles. The number of carboxylic acids is 1. The fourth-order valence-corrected chi connectivity index (χ4v) is 1.47. The van der Waals surface area contributed by atoms with Crippen molar-refractivity contribution < 1.29 is 32.7 Å². The summed E-state index contributed by atoms with van der Waals surface area (Å²) in [5.74, 6) is -3.12. The highest BCUT2D eigenvalue weighted by atomic mass is 32.1. The van der Waals surface area contributed by atoms with E-state index < -0.39 is 12.1 Å². The van der Waals surface area contributed by atoms with Crippen molar-refractivity contribution in [3.8, 4) is 0 Å². The number of isothiocyanates is 1. The first-order chi connectivity index (χ1) is 13.2. The molecule has 28 heavy (non-hydrogen) atoms. The molecular weight excluding hydrogens is 403 g/mol. The first kappa shape index (κ1) is 22.3. The Balaban J connectivity index is 0.000000216. The summed E-state index contributed by atoms with van der Waals surface area (Å²) in [6, 6.07) is 8.73. The quantitative estimate of drug-likeness (QED) is 0.557. The summed E-state index contributed by atoms with van der Waals surface area (Å²) in [7, 11) is 0. The highest BCUT2D eigenvalue weighted by Crippen LogP contribution is 2.13. The van der Waals surface area contributed by atoms with Gasteiger partial charge in [0.2, 0.25) is 0 Å². The lowest BCUT2D eigenvalue weighted by atomic mass is 10.2. The average Bonchev–Trinajstić information content (AvgIpc) is 3.13. The second kappa shape index (κ2) is 10.4. The van der Waals surface area contributed by atoms with Crippen LogP contribution in [0, 0.1) is 0 Å². The van der Waals surface area contributed by atoms with Gasteiger partial charge >= 0.3 is 18.1 Å². The van der Waals surface area contributed by atoms with Crippen LogP contribution in [0.4, 0.5) is 13.2 Å². The fourth-order valence-electron chi connectivity index (χ4n) is 1.39. The number of amidine groups is 1. The molecule has 3 rings (SSSR count). The van der Waals surface area contributed by atoms with E-state index in [0.717, 1.165) is 0 Å². The summed E-state index contributed by atoms with van der Waals surface area (Å²) in [6.07, 6.45) is -2.61. The van der Waals surface area contributed by atoms with Gasteiger partial charge in [0, 0.05) is 5.56 Å². The number of benzene rings is 1. The van der Waals surface area contributed by atoms with Crippen LogP contribution in [-0.4, -0.2) is 58.5 Å². The minimum absolute atomic E-state index is 0.238. The minimum Gasteiger partial charge on any atom is -0.475 e. The Morgan fingerprint density at radius 3 is 2.14 bits per heavy atom. The zero-order chi connectivity index (χ0) is 21.2. The monoisotopic (exact) mass is 411 g/mol. The van der Waals surface area contributed by atoms with E-state index in [1.807, 2.05) is 11.2 Å². The summed E-state index contributed by atoms with van der Waals surface area (Å²) in [5.41, 5.74) is 0.771. The molecule has 1 aromatic carbocycles. The number of fused-ring (bicyclic) bond motifs is 1. The second-order valence-corrected chi connectivity index (χ2v) is 4.58. The van der Waals surface area contributed by atoms with Crippen molar-refractivity contribution >= 4 is 59.4 Å². The summed E-state index contributed by atoms with van der Waals surface area (Å²) in [4.78, 5) is 48.5. The van der Waals surface area contributed by atoms with Crippen molar-refractivity contribution in [1.29, 1.82) is 0 Å². The van der Waals surface area contributed by atoms with Crippen molar-refractivity contribution in [1.82, 2.24) is 0 Å². The lowest BCUT2D eigenvalue weighted by Crippen LogP contribution is -2.21. The molecule has 0 fully saturated rings. The molecule has 0 aromatic heterocycles. The van der Waals surface area contributed by atoms with Gasteiger partial charge in [-0.2, -0.15) is 23.2 Å². The number of carbonyl (C=O) groups excluding carboxylic acids is 2. The lowest BCUT2D eigenvalue weighted by molar-refractivity contribution is -0.192. The Bertz CT molecular complexity index is 927. The van der Waals surface area contributed by atoms with Crippen LogP contribution in [0.5, 0.6) is 0 Å². The number of halogens is 3. The van der Waals surface area contributed by atoms with Crippen molar-refractivity contribution in [3.05, 3.63) is 35.9 Å². The number of aliphatic carboxylic acids is 1. The van der Waals surface area contributed by atoms with Gasteiger partial charge in [-0.3, -0.25) is 9.59 Å². The molecule has 0 atom stereocenters. The first-order valence-corrected chi connectivity index (χ1v) is 7.30. The number of alkyl halides is 3. The molecule has 1 aromatic rings. The van der Waals surface area contributed by atoms with Gasteiger partial charge in [0.15, 0.2) is 11.5 Å². The lowest BCUT2D eigenvalue weighted by Gasteiger charge is -1.96. The summed E-state index contributed by atoms with van der Waals surface area (Å²) in [5, 5.41) is 9.15. The van der Waals surface area contributed by atoms with Gasteiger partial charge in [-0.05, 0) is 24.4 Å². The SMILES string of the molecule is O=C(N=C=S)c1ccccc1.O=C(O)C(F)(F)F.O=C1N=CN=C2N=CN=C12. The summed E-state index contributed by atoms with van der Waals surface area (Å²) >= 11 is 4.29. The zero-order valence-corrected chi connectivity index (χ0v) is 14.3. The molecule has 144 valence electrons. The smallest absolute Gasteiger partial charge is 0.475 e. The third kappa shape index (κ3) is 7.27. The Kier molecular flexibility index (Phi) is 8.34. The van der Waals surface area contributed by atoms with Gasteiger partial charge in [-0.25, -0.2) is 19.8 Å². The number of aliphatic imine (C=N–C) groups is 5. The van der Waals surface area contributed by atoms with Crippen LogP contribution in [0.15, 0.2) is 55.3 Å². The van der Waals surface area contributed by atoms with Crippen LogP contribution >= 0.6 is 12.2 Å². The standard InChI is InChI=1S/C8H5NOS.C5H2N4O.C2HF3O2/c10-8(9-6-11)7-4-2-1-3-5-7;10-5-3-4(7-1-6-3)8-2-9-5;3-2(4,5)1(6)7/h1-5H;1-2H;(H,6,7). The van der Waals surface area contributed by atoms with Gasteiger partial charge in [0.1, 0.15) is 12.7 Å². The molecule has 0 spiro atoms. The van der Waals surface area contributed by atoms with Gasteiger partial charge < -0.3 is 5.11 Å². The van der Waals surface area contributed by atoms with E-state index in [0.29, 0.717) is 11.4 Å². The predicted molar refractivity (Wildman–Crippen MR) is 96.4 cm³/mol. The van der Waals surface area contributed by atoms with Crippen LogP contribution in [0.25, 0.3) is 0 Å². The molecule has 0 radical (unpaired) electrons. The van der Waals surface area contributed by atoms with Gasteiger partial charge in [-0.15, -0.1) is 0 Å². The molecular formula is C15H8F3N5O4S. The van der Waals surface area contributed by atoms with E-state index in [9.17, 15) is 22.8 Å². The van der Waals surface area contributed by atoms with E-state index in [2.05, 4.69) is 37.2 Å². The maximum Gasteiger partial charge on any atom is 0.490 e. The summed E-state index contributed by atoms with van der Waals surface area (Å²) < 4.78 is 31.7. The molecule has 0 saturated carbocycles. The van der Waals surface area contributed by atoms with Crippen LogP contribution in [0.1, 0.15) is 10.4 Å². The second-order valence-electron chi connectivity index (χ2n) is 4.40. The number of hydrogen-bond donors (Lipinski definition) is 1. The van der Waals surface area contributed by atoms with Crippen molar-refractivity contribution in [2.75, 3.05) is 0 Å². The van der Waals surface area contributed by atoms with Crippen molar-refractivity contribution in [3.63, 3.8) is 0 Å².